The summed E-state index contributed by atoms with van der Waals surface area (Å²) in [6, 6.07) is 9.98. The second-order valence-electron chi connectivity index (χ2n) is 3.66. The van der Waals surface area contributed by atoms with Gasteiger partial charge in [0.25, 0.3) is 0 Å². The molecule has 2 aliphatic heterocycles. The average molecular weight is 264 g/mol. The van der Waals surface area contributed by atoms with Gasteiger partial charge in [-0.25, -0.2) is 9.59 Å². The predicted molar refractivity (Wildman–Crippen MR) is 67.4 cm³/mol. The summed E-state index contributed by atoms with van der Waals surface area (Å²) in [5.41, 5.74) is 1.17. The number of esters is 2. The first kappa shape index (κ1) is 10.9. The van der Waals surface area contributed by atoms with Gasteiger partial charge in [0.05, 0.1) is 0 Å². The van der Waals surface area contributed by atoms with Crippen molar-refractivity contribution in [3.8, 4) is 0 Å². The van der Waals surface area contributed by atoms with Crippen molar-refractivity contribution in [3.63, 3.8) is 0 Å². The molecule has 1 aromatic carbocycles. The van der Waals surface area contributed by atoms with E-state index in [0.29, 0.717) is 9.81 Å². The summed E-state index contributed by atoms with van der Waals surface area (Å²) < 4.78 is 4.60. The van der Waals surface area contributed by atoms with Gasteiger partial charge in [-0.05, 0) is 5.56 Å². The minimum absolute atomic E-state index is 0.207. The summed E-state index contributed by atoms with van der Waals surface area (Å²) in [7, 11) is 0. The molecule has 0 aliphatic carbocycles. The number of hydrogen-bond acceptors (Lipinski definition) is 5. The zero-order valence-corrected chi connectivity index (χ0v) is 10.3. The summed E-state index contributed by atoms with van der Waals surface area (Å²) in [4.78, 5) is 23.7. The molecule has 0 radical (unpaired) electrons. The van der Waals surface area contributed by atoms with E-state index in [0.717, 1.165) is 5.75 Å². The first-order chi connectivity index (χ1) is 8.25. The third-order valence-electron chi connectivity index (χ3n) is 2.57. The van der Waals surface area contributed by atoms with E-state index in [4.69, 9.17) is 0 Å². The molecule has 3 rings (SSSR count). The number of rotatable bonds is 1. The fourth-order valence-electron chi connectivity index (χ4n) is 1.76. The van der Waals surface area contributed by atoms with Crippen LogP contribution in [0.4, 0.5) is 0 Å². The Morgan fingerprint density at radius 3 is 2.53 bits per heavy atom. The molecule has 2 aliphatic rings. The van der Waals surface area contributed by atoms with Crippen LogP contribution in [0.3, 0.4) is 0 Å². The highest BCUT2D eigenvalue weighted by atomic mass is 32.2. The van der Waals surface area contributed by atoms with Crippen molar-refractivity contribution in [3.05, 3.63) is 45.7 Å². The number of carbonyl (C=O) groups is 2. The number of cyclic esters (lactones) is 2. The van der Waals surface area contributed by atoms with Crippen molar-refractivity contribution in [1.29, 1.82) is 0 Å². The summed E-state index contributed by atoms with van der Waals surface area (Å²) in [5.74, 6) is -0.201. The van der Waals surface area contributed by atoms with Gasteiger partial charge in [-0.3, -0.25) is 0 Å². The minimum Gasteiger partial charge on any atom is -0.385 e. The van der Waals surface area contributed by atoms with Gasteiger partial charge in [0.15, 0.2) is 0 Å². The second-order valence-corrected chi connectivity index (χ2v) is 5.91. The Balaban J connectivity index is 1.89. The zero-order chi connectivity index (χ0) is 11.8. The lowest BCUT2D eigenvalue weighted by Gasteiger charge is -2.20. The topological polar surface area (TPSA) is 43.4 Å². The third kappa shape index (κ3) is 1.89. The molecule has 86 valence electrons. The maximum atomic E-state index is 11.5. The Morgan fingerprint density at radius 1 is 1.06 bits per heavy atom. The largest absolute Gasteiger partial charge is 0.385 e. The quantitative estimate of drug-likeness (QED) is 0.576. The Kier molecular flexibility index (Phi) is 2.72. The van der Waals surface area contributed by atoms with Gasteiger partial charge in [0.2, 0.25) is 0 Å². The number of ether oxygens (including phenoxy) is 1. The molecule has 0 aromatic heterocycles. The summed E-state index contributed by atoms with van der Waals surface area (Å²) in [5, 5.41) is 0.207. The van der Waals surface area contributed by atoms with Gasteiger partial charge in [-0.15, -0.1) is 23.5 Å². The molecule has 0 saturated heterocycles. The molecular weight excluding hydrogens is 256 g/mol. The summed E-state index contributed by atoms with van der Waals surface area (Å²) in [6.07, 6.45) is 0. The molecule has 0 N–H and O–H groups in total. The summed E-state index contributed by atoms with van der Waals surface area (Å²) >= 11 is 2.84. The van der Waals surface area contributed by atoms with Gasteiger partial charge >= 0.3 is 11.9 Å². The van der Waals surface area contributed by atoms with Crippen LogP contribution in [0.2, 0.25) is 0 Å². The monoisotopic (exact) mass is 264 g/mol. The normalized spacial score (nSPS) is 23.6. The molecule has 0 bridgehead atoms. The molecule has 1 aromatic rings. The van der Waals surface area contributed by atoms with Crippen LogP contribution in [0.15, 0.2) is 40.1 Å². The van der Waals surface area contributed by atoms with Crippen molar-refractivity contribution in [2.24, 2.45) is 0 Å². The van der Waals surface area contributed by atoms with Crippen LogP contribution >= 0.6 is 23.5 Å². The molecule has 5 heteroatoms. The average Bonchev–Trinajstić information content (AvgIpc) is 2.66. The first-order valence-electron chi connectivity index (χ1n) is 5.11. The predicted octanol–water partition coefficient (Wildman–Crippen LogP) is 2.50. The van der Waals surface area contributed by atoms with Crippen molar-refractivity contribution < 1.29 is 14.3 Å². The van der Waals surface area contributed by atoms with E-state index in [1.165, 1.54) is 29.1 Å². The molecule has 0 fully saturated rings. The molecule has 17 heavy (non-hydrogen) atoms. The Bertz CT molecular complexity index is 522. The van der Waals surface area contributed by atoms with Gasteiger partial charge in [0, 0.05) is 11.0 Å². The molecule has 3 nitrogen and oxygen atoms in total. The molecule has 1 atom stereocenters. The lowest BCUT2D eigenvalue weighted by atomic mass is 10.2. The summed E-state index contributed by atoms with van der Waals surface area (Å²) in [6.45, 7) is 0. The van der Waals surface area contributed by atoms with Crippen LogP contribution in [-0.4, -0.2) is 17.7 Å². The number of carbonyl (C=O) groups excluding carboxylic acids is 2. The molecule has 0 amide bonds. The van der Waals surface area contributed by atoms with E-state index in [2.05, 4.69) is 4.74 Å². The van der Waals surface area contributed by atoms with Gasteiger partial charge < -0.3 is 4.74 Å². The number of thioether (sulfide) groups is 2. The van der Waals surface area contributed by atoms with E-state index in [1.54, 1.807) is 0 Å². The lowest BCUT2D eigenvalue weighted by molar-refractivity contribution is -0.150. The van der Waals surface area contributed by atoms with E-state index in [9.17, 15) is 9.59 Å². The van der Waals surface area contributed by atoms with Crippen molar-refractivity contribution >= 4 is 35.5 Å². The van der Waals surface area contributed by atoms with Crippen molar-refractivity contribution in [2.45, 2.75) is 5.25 Å². The van der Waals surface area contributed by atoms with Crippen LogP contribution in [0.1, 0.15) is 10.8 Å². The first-order valence-corrected chi connectivity index (χ1v) is 6.97. The number of hydrogen-bond donors (Lipinski definition) is 0. The number of benzene rings is 1. The van der Waals surface area contributed by atoms with Crippen LogP contribution in [0.5, 0.6) is 0 Å². The van der Waals surface area contributed by atoms with Gasteiger partial charge in [-0.2, -0.15) is 0 Å². The zero-order valence-electron chi connectivity index (χ0n) is 8.71. The fraction of sp³-hybridized carbons (Fsp3) is 0.167. The third-order valence-corrected chi connectivity index (χ3v) is 5.40. The van der Waals surface area contributed by atoms with E-state index < -0.39 is 11.9 Å². The van der Waals surface area contributed by atoms with E-state index >= 15 is 0 Å². The highest BCUT2D eigenvalue weighted by Gasteiger charge is 2.39. The van der Waals surface area contributed by atoms with Crippen molar-refractivity contribution in [1.82, 2.24) is 0 Å². The molecular formula is C12H8O3S2. The standard InChI is InChI=1S/C12H8O3S2/c13-11-9-10(12(14)15-11)17-8(6-16-9)7-4-2-1-3-5-7/h1-5,8H,6H2/t8-/m1/s1. The van der Waals surface area contributed by atoms with Gasteiger partial charge in [-0.1, -0.05) is 30.3 Å². The van der Waals surface area contributed by atoms with Crippen LogP contribution in [-0.2, 0) is 14.3 Å². The maximum absolute atomic E-state index is 11.5. The smallest absolute Gasteiger partial charge is 0.353 e. The SMILES string of the molecule is O=C1OC(=O)C2=C1SC[C@H](c1ccccc1)S2. The van der Waals surface area contributed by atoms with Crippen LogP contribution in [0, 0.1) is 0 Å². The van der Waals surface area contributed by atoms with Crippen molar-refractivity contribution in [2.75, 3.05) is 5.75 Å². The van der Waals surface area contributed by atoms with E-state index in [-0.39, 0.29) is 5.25 Å². The highest BCUT2D eigenvalue weighted by Crippen LogP contribution is 2.49. The van der Waals surface area contributed by atoms with E-state index in [1.807, 2.05) is 30.3 Å². The fourth-order valence-corrected chi connectivity index (χ4v) is 4.34. The molecule has 0 saturated carbocycles. The van der Waals surface area contributed by atoms with Crippen LogP contribution < -0.4 is 0 Å². The molecule has 0 unspecified atom stereocenters. The Morgan fingerprint density at radius 2 is 1.76 bits per heavy atom. The Hall–Kier alpha value is -1.20. The molecule has 2 heterocycles. The maximum Gasteiger partial charge on any atom is 0.353 e. The molecule has 0 spiro atoms. The second kappa shape index (κ2) is 4.23. The minimum atomic E-state index is -0.497. The van der Waals surface area contributed by atoms with Crippen LogP contribution in [0.25, 0.3) is 0 Å². The highest BCUT2D eigenvalue weighted by molar-refractivity contribution is 8.11. The van der Waals surface area contributed by atoms with Gasteiger partial charge in [0.1, 0.15) is 9.81 Å². The lowest BCUT2D eigenvalue weighted by Crippen LogP contribution is -2.06. The Labute approximate surface area is 107 Å².